The number of hydrogen-bond acceptors (Lipinski definition) is 5. The fourth-order valence-corrected chi connectivity index (χ4v) is 2.87. The van der Waals surface area contributed by atoms with Crippen molar-refractivity contribution in [2.45, 2.75) is 25.7 Å². The summed E-state index contributed by atoms with van der Waals surface area (Å²) in [6.45, 7) is 5.42. The minimum absolute atomic E-state index is 0.358. The van der Waals surface area contributed by atoms with Crippen molar-refractivity contribution in [1.29, 1.82) is 0 Å². The van der Waals surface area contributed by atoms with Crippen molar-refractivity contribution in [3.8, 4) is 0 Å². The van der Waals surface area contributed by atoms with Gasteiger partial charge in [0.2, 0.25) is 0 Å². The molecule has 1 unspecified atom stereocenters. The summed E-state index contributed by atoms with van der Waals surface area (Å²) in [6, 6.07) is 3.53. The smallest absolute Gasteiger partial charge is 0.339 e. The molecule has 2 aromatic rings. The van der Waals surface area contributed by atoms with E-state index in [4.69, 9.17) is 4.74 Å². The van der Waals surface area contributed by atoms with Crippen LogP contribution in [-0.2, 0) is 4.74 Å². The number of likely N-dealkylation sites (N-methyl/N-ethyl adjacent to an activating group) is 1. The van der Waals surface area contributed by atoms with E-state index in [-0.39, 0.29) is 5.97 Å². The number of pyridine rings is 1. The van der Waals surface area contributed by atoms with Gasteiger partial charge in [0.15, 0.2) is 11.5 Å². The molecule has 112 valence electrons. The van der Waals surface area contributed by atoms with Crippen molar-refractivity contribution in [2.75, 3.05) is 26.7 Å². The molecule has 0 radical (unpaired) electrons. The van der Waals surface area contributed by atoms with Gasteiger partial charge in [-0.2, -0.15) is 5.10 Å². The number of aromatic nitrogens is 3. The Labute approximate surface area is 123 Å². The topological polar surface area (TPSA) is 59.7 Å². The van der Waals surface area contributed by atoms with Crippen LogP contribution in [0.5, 0.6) is 0 Å². The average Bonchev–Trinajstić information content (AvgIpc) is 2.97. The van der Waals surface area contributed by atoms with Gasteiger partial charge in [0.25, 0.3) is 0 Å². The largest absolute Gasteiger partial charge is 0.465 e. The number of hydrogen-bond donors (Lipinski definition) is 0. The SMILES string of the molecule is CCN1CCCC(c2nc3ccc(C(=O)OC)cn3n2)C1. The monoisotopic (exact) mass is 288 g/mol. The van der Waals surface area contributed by atoms with Gasteiger partial charge in [0.1, 0.15) is 0 Å². The predicted octanol–water partition coefficient (Wildman–Crippen LogP) is 1.72. The zero-order chi connectivity index (χ0) is 14.8. The maximum atomic E-state index is 11.6. The van der Waals surface area contributed by atoms with Crippen LogP contribution < -0.4 is 0 Å². The van der Waals surface area contributed by atoms with Gasteiger partial charge in [-0.3, -0.25) is 0 Å². The van der Waals surface area contributed by atoms with Crippen molar-refractivity contribution in [3.05, 3.63) is 29.7 Å². The quantitative estimate of drug-likeness (QED) is 0.805. The van der Waals surface area contributed by atoms with E-state index in [0.29, 0.717) is 11.5 Å². The lowest BCUT2D eigenvalue weighted by Crippen LogP contribution is -2.34. The Morgan fingerprint density at radius 3 is 3.10 bits per heavy atom. The lowest BCUT2D eigenvalue weighted by atomic mass is 9.97. The Bertz CT molecular complexity index is 652. The second-order valence-electron chi connectivity index (χ2n) is 5.41. The van der Waals surface area contributed by atoms with Crippen LogP contribution in [-0.4, -0.2) is 52.2 Å². The highest BCUT2D eigenvalue weighted by atomic mass is 16.5. The van der Waals surface area contributed by atoms with E-state index >= 15 is 0 Å². The molecule has 21 heavy (non-hydrogen) atoms. The van der Waals surface area contributed by atoms with E-state index < -0.39 is 0 Å². The first-order chi connectivity index (χ1) is 10.2. The van der Waals surface area contributed by atoms with Gasteiger partial charge < -0.3 is 9.64 Å². The molecule has 1 aliphatic heterocycles. The Balaban J connectivity index is 1.88. The van der Waals surface area contributed by atoms with E-state index in [1.54, 1.807) is 16.8 Å². The second-order valence-corrected chi connectivity index (χ2v) is 5.41. The highest BCUT2D eigenvalue weighted by molar-refractivity contribution is 5.89. The third-order valence-electron chi connectivity index (χ3n) is 4.09. The van der Waals surface area contributed by atoms with Crippen molar-refractivity contribution in [3.63, 3.8) is 0 Å². The number of methoxy groups -OCH3 is 1. The molecule has 1 fully saturated rings. The van der Waals surface area contributed by atoms with Gasteiger partial charge >= 0.3 is 5.97 Å². The van der Waals surface area contributed by atoms with Gasteiger partial charge in [-0.1, -0.05) is 6.92 Å². The minimum atomic E-state index is -0.358. The molecule has 0 N–H and O–H groups in total. The van der Waals surface area contributed by atoms with Crippen LogP contribution in [0.2, 0.25) is 0 Å². The number of ether oxygens (including phenoxy) is 1. The fourth-order valence-electron chi connectivity index (χ4n) is 2.87. The van der Waals surface area contributed by atoms with E-state index in [1.165, 1.54) is 13.5 Å². The molecule has 1 aliphatic rings. The van der Waals surface area contributed by atoms with Gasteiger partial charge in [-0.05, 0) is 38.1 Å². The van der Waals surface area contributed by atoms with Crippen molar-refractivity contribution < 1.29 is 9.53 Å². The zero-order valence-electron chi connectivity index (χ0n) is 12.5. The third kappa shape index (κ3) is 2.76. The summed E-state index contributed by atoms with van der Waals surface area (Å²) >= 11 is 0. The van der Waals surface area contributed by atoms with Crippen LogP contribution in [0, 0.1) is 0 Å². The number of fused-ring (bicyclic) bond motifs is 1. The number of carbonyl (C=O) groups excluding carboxylic acids is 1. The molecule has 3 rings (SSSR count). The summed E-state index contributed by atoms with van der Waals surface area (Å²) in [6.07, 6.45) is 3.98. The molecule has 0 spiro atoms. The molecule has 0 bridgehead atoms. The molecule has 1 atom stereocenters. The number of rotatable bonds is 3. The normalized spacial score (nSPS) is 19.8. The van der Waals surface area contributed by atoms with Crippen molar-refractivity contribution in [1.82, 2.24) is 19.5 Å². The van der Waals surface area contributed by atoms with Crippen LogP contribution in [0.25, 0.3) is 5.65 Å². The van der Waals surface area contributed by atoms with Crippen LogP contribution in [0.1, 0.15) is 41.9 Å². The highest BCUT2D eigenvalue weighted by Gasteiger charge is 2.24. The lowest BCUT2D eigenvalue weighted by Gasteiger charge is -2.30. The Kier molecular flexibility index (Phi) is 3.88. The summed E-state index contributed by atoms with van der Waals surface area (Å²) in [5.41, 5.74) is 1.26. The maximum absolute atomic E-state index is 11.6. The van der Waals surface area contributed by atoms with Gasteiger partial charge in [0, 0.05) is 18.7 Å². The molecular weight excluding hydrogens is 268 g/mol. The van der Waals surface area contributed by atoms with Crippen LogP contribution >= 0.6 is 0 Å². The van der Waals surface area contributed by atoms with Crippen molar-refractivity contribution in [2.24, 2.45) is 0 Å². The number of likely N-dealkylation sites (tertiary alicyclic amines) is 1. The van der Waals surface area contributed by atoms with E-state index in [9.17, 15) is 4.79 Å². The van der Waals surface area contributed by atoms with E-state index in [2.05, 4.69) is 21.9 Å². The third-order valence-corrected chi connectivity index (χ3v) is 4.09. The number of carbonyl (C=O) groups is 1. The Morgan fingerprint density at radius 2 is 2.33 bits per heavy atom. The first-order valence-electron chi connectivity index (χ1n) is 7.38. The van der Waals surface area contributed by atoms with Gasteiger partial charge in [-0.25, -0.2) is 14.3 Å². The van der Waals surface area contributed by atoms with Crippen LogP contribution in [0.4, 0.5) is 0 Å². The number of piperidine rings is 1. The van der Waals surface area contributed by atoms with Crippen molar-refractivity contribution >= 4 is 11.6 Å². The van der Waals surface area contributed by atoms with Crippen LogP contribution in [0.3, 0.4) is 0 Å². The first-order valence-corrected chi connectivity index (χ1v) is 7.38. The summed E-state index contributed by atoms with van der Waals surface area (Å²) in [7, 11) is 1.38. The predicted molar refractivity (Wildman–Crippen MR) is 78.4 cm³/mol. The molecule has 0 amide bonds. The van der Waals surface area contributed by atoms with Crippen LogP contribution in [0.15, 0.2) is 18.3 Å². The molecule has 0 aliphatic carbocycles. The molecule has 3 heterocycles. The second kappa shape index (κ2) is 5.81. The number of nitrogens with zero attached hydrogens (tertiary/aromatic N) is 4. The Hall–Kier alpha value is -1.95. The Morgan fingerprint density at radius 1 is 1.48 bits per heavy atom. The highest BCUT2D eigenvalue weighted by Crippen LogP contribution is 2.24. The molecular formula is C15H20N4O2. The standard InChI is InChI=1S/C15H20N4O2/c1-3-18-8-4-5-11(9-18)14-16-13-7-6-12(15(20)21-2)10-19(13)17-14/h6-7,10-11H,3-5,8-9H2,1-2H3. The molecule has 2 aromatic heterocycles. The average molecular weight is 288 g/mol. The first kappa shape index (κ1) is 14.0. The molecule has 6 nitrogen and oxygen atoms in total. The van der Waals surface area contributed by atoms with Gasteiger partial charge in [0.05, 0.1) is 12.7 Å². The molecule has 6 heteroatoms. The number of esters is 1. The molecule has 1 saturated heterocycles. The summed E-state index contributed by atoms with van der Waals surface area (Å²) in [5, 5.41) is 4.55. The minimum Gasteiger partial charge on any atom is -0.465 e. The fraction of sp³-hybridized carbons (Fsp3) is 0.533. The van der Waals surface area contributed by atoms with E-state index in [1.807, 2.05) is 6.07 Å². The molecule has 0 saturated carbocycles. The lowest BCUT2D eigenvalue weighted by molar-refractivity contribution is 0.0600. The summed E-state index contributed by atoms with van der Waals surface area (Å²) in [4.78, 5) is 18.6. The van der Waals surface area contributed by atoms with Gasteiger partial charge in [-0.15, -0.1) is 0 Å². The zero-order valence-corrected chi connectivity index (χ0v) is 12.5. The summed E-state index contributed by atoms with van der Waals surface area (Å²) in [5.74, 6) is 0.888. The van der Waals surface area contributed by atoms with E-state index in [0.717, 1.165) is 37.5 Å². The molecule has 0 aromatic carbocycles. The summed E-state index contributed by atoms with van der Waals surface area (Å²) < 4.78 is 6.40. The maximum Gasteiger partial charge on any atom is 0.339 e.